The van der Waals surface area contributed by atoms with Gasteiger partial charge in [0.05, 0.1) is 5.75 Å². The molecule has 0 amide bonds. The maximum absolute atomic E-state index is 8.79. The average Bonchev–Trinajstić information content (AvgIpc) is 2.19. The number of aromatic nitrogens is 2. The van der Waals surface area contributed by atoms with E-state index in [2.05, 4.69) is 9.97 Å². The molecule has 0 aliphatic heterocycles. The lowest BCUT2D eigenvalue weighted by Gasteiger charge is -2.05. The van der Waals surface area contributed by atoms with E-state index in [9.17, 15) is 0 Å². The van der Waals surface area contributed by atoms with Gasteiger partial charge in [0.2, 0.25) is 0 Å². The molecule has 0 radical (unpaired) electrons. The Balaban J connectivity index is 2.20. The molecule has 1 atom stereocenters. The summed E-state index contributed by atoms with van der Waals surface area (Å²) in [6, 6.07) is 1.81. The molecule has 4 heteroatoms. The van der Waals surface area contributed by atoms with Crippen LogP contribution in [0.5, 0.6) is 0 Å². The highest BCUT2D eigenvalue weighted by Gasteiger charge is 2.00. The number of rotatable bonds is 5. The lowest BCUT2D eigenvalue weighted by molar-refractivity contribution is 0.250. The minimum Gasteiger partial charge on any atom is -0.396 e. The molecule has 1 rings (SSSR count). The van der Waals surface area contributed by atoms with Crippen molar-refractivity contribution < 1.29 is 5.11 Å². The van der Waals surface area contributed by atoms with Crippen LogP contribution in [0, 0.1) is 5.92 Å². The van der Waals surface area contributed by atoms with E-state index in [1.165, 1.54) is 0 Å². The topological polar surface area (TPSA) is 46.0 Å². The molecule has 0 saturated heterocycles. The van der Waals surface area contributed by atoms with Crippen LogP contribution >= 0.6 is 11.8 Å². The van der Waals surface area contributed by atoms with Gasteiger partial charge in [0.15, 0.2) is 0 Å². The molecule has 0 aliphatic carbocycles. The zero-order valence-corrected chi connectivity index (χ0v) is 8.50. The fourth-order valence-electron chi connectivity index (χ4n) is 0.809. The molecule has 1 N–H and O–H groups in total. The quantitative estimate of drug-likeness (QED) is 0.775. The number of aliphatic hydroxyl groups is 1. The summed E-state index contributed by atoms with van der Waals surface area (Å²) in [5, 5.41) is 8.79. The summed E-state index contributed by atoms with van der Waals surface area (Å²) in [5.74, 6) is 2.99. The Bertz CT molecular complexity index is 230. The van der Waals surface area contributed by atoms with E-state index < -0.39 is 0 Å². The fraction of sp³-hybridized carbons (Fsp3) is 0.556. The molecule has 0 aliphatic rings. The summed E-state index contributed by atoms with van der Waals surface area (Å²) in [6.45, 7) is 2.28. The van der Waals surface area contributed by atoms with E-state index in [1.54, 1.807) is 24.2 Å². The number of hydrogen-bond donors (Lipinski definition) is 1. The molecule has 1 unspecified atom stereocenters. The van der Waals surface area contributed by atoms with Crippen molar-refractivity contribution in [2.75, 3.05) is 12.4 Å². The Morgan fingerprint density at radius 3 is 2.77 bits per heavy atom. The van der Waals surface area contributed by atoms with Gasteiger partial charge in [-0.25, -0.2) is 9.97 Å². The van der Waals surface area contributed by atoms with Crippen LogP contribution in [0.15, 0.2) is 18.5 Å². The van der Waals surface area contributed by atoms with Crippen molar-refractivity contribution in [2.24, 2.45) is 5.92 Å². The SMILES string of the molecule is CC(CO)CSCc1ncccn1. The van der Waals surface area contributed by atoms with Crippen molar-refractivity contribution in [1.29, 1.82) is 0 Å². The zero-order valence-electron chi connectivity index (χ0n) is 7.68. The second kappa shape index (κ2) is 5.94. The van der Waals surface area contributed by atoms with Gasteiger partial charge in [-0.05, 0) is 17.7 Å². The molecule has 1 heterocycles. The molecule has 72 valence electrons. The van der Waals surface area contributed by atoms with Gasteiger partial charge in [-0.2, -0.15) is 11.8 Å². The molecule has 13 heavy (non-hydrogen) atoms. The van der Waals surface area contributed by atoms with Crippen LogP contribution in [0.1, 0.15) is 12.7 Å². The minimum absolute atomic E-state index is 0.253. The lowest BCUT2D eigenvalue weighted by atomic mass is 10.2. The maximum Gasteiger partial charge on any atom is 0.138 e. The van der Waals surface area contributed by atoms with Crippen molar-refractivity contribution in [1.82, 2.24) is 9.97 Å². The molecule has 1 aromatic rings. The Morgan fingerprint density at radius 1 is 1.46 bits per heavy atom. The summed E-state index contributed by atoms with van der Waals surface area (Å²) in [7, 11) is 0. The van der Waals surface area contributed by atoms with Crippen molar-refractivity contribution in [2.45, 2.75) is 12.7 Å². The van der Waals surface area contributed by atoms with E-state index in [4.69, 9.17) is 5.11 Å². The number of nitrogens with zero attached hydrogens (tertiary/aromatic N) is 2. The van der Waals surface area contributed by atoms with E-state index >= 15 is 0 Å². The third-order valence-electron chi connectivity index (χ3n) is 1.56. The van der Waals surface area contributed by atoms with Crippen LogP contribution in [0.4, 0.5) is 0 Å². The normalized spacial score (nSPS) is 12.8. The van der Waals surface area contributed by atoms with Crippen LogP contribution in [0.3, 0.4) is 0 Å². The standard InChI is InChI=1S/C9H14N2OS/c1-8(5-12)6-13-7-9-10-3-2-4-11-9/h2-4,8,12H,5-7H2,1H3. The number of aliphatic hydroxyl groups excluding tert-OH is 1. The van der Waals surface area contributed by atoms with Gasteiger partial charge >= 0.3 is 0 Å². The summed E-state index contributed by atoms with van der Waals surface area (Å²) >= 11 is 1.75. The van der Waals surface area contributed by atoms with Gasteiger partial charge in [0, 0.05) is 19.0 Å². The predicted octanol–water partition coefficient (Wildman–Crippen LogP) is 1.34. The van der Waals surface area contributed by atoms with E-state index in [0.29, 0.717) is 5.92 Å². The molecule has 0 fully saturated rings. The number of thioether (sulfide) groups is 1. The van der Waals surface area contributed by atoms with Crippen molar-refractivity contribution in [3.05, 3.63) is 24.3 Å². The van der Waals surface area contributed by atoms with Crippen LogP contribution in [0.25, 0.3) is 0 Å². The third-order valence-corrected chi connectivity index (χ3v) is 2.83. The van der Waals surface area contributed by atoms with E-state index in [0.717, 1.165) is 17.3 Å². The summed E-state index contributed by atoms with van der Waals surface area (Å²) in [6.07, 6.45) is 3.50. The second-order valence-corrected chi connectivity index (χ2v) is 4.00. The van der Waals surface area contributed by atoms with E-state index in [1.807, 2.05) is 13.0 Å². The maximum atomic E-state index is 8.79. The van der Waals surface area contributed by atoms with Gasteiger partial charge in [-0.1, -0.05) is 6.92 Å². The van der Waals surface area contributed by atoms with Crippen molar-refractivity contribution in [3.63, 3.8) is 0 Å². The van der Waals surface area contributed by atoms with Gasteiger partial charge < -0.3 is 5.11 Å². The van der Waals surface area contributed by atoms with Crippen LogP contribution in [-0.4, -0.2) is 27.4 Å². The van der Waals surface area contributed by atoms with Crippen LogP contribution < -0.4 is 0 Å². The highest BCUT2D eigenvalue weighted by atomic mass is 32.2. The largest absolute Gasteiger partial charge is 0.396 e. The summed E-state index contributed by atoms with van der Waals surface area (Å²) < 4.78 is 0. The highest BCUT2D eigenvalue weighted by Crippen LogP contribution is 2.11. The lowest BCUT2D eigenvalue weighted by Crippen LogP contribution is -2.04. The molecular weight excluding hydrogens is 184 g/mol. The van der Waals surface area contributed by atoms with Crippen LogP contribution in [0.2, 0.25) is 0 Å². The van der Waals surface area contributed by atoms with Gasteiger partial charge in [-0.15, -0.1) is 0 Å². The van der Waals surface area contributed by atoms with Gasteiger partial charge in [0.1, 0.15) is 5.82 Å². The number of hydrogen-bond acceptors (Lipinski definition) is 4. The molecular formula is C9H14N2OS. The first-order valence-corrected chi connectivity index (χ1v) is 5.43. The van der Waals surface area contributed by atoms with Crippen molar-refractivity contribution in [3.8, 4) is 0 Å². The molecule has 0 saturated carbocycles. The summed E-state index contributed by atoms with van der Waals surface area (Å²) in [5.41, 5.74) is 0. The van der Waals surface area contributed by atoms with Gasteiger partial charge in [-0.3, -0.25) is 0 Å². The molecule has 0 aromatic carbocycles. The Morgan fingerprint density at radius 2 is 2.15 bits per heavy atom. The van der Waals surface area contributed by atoms with E-state index in [-0.39, 0.29) is 6.61 Å². The first-order valence-electron chi connectivity index (χ1n) is 4.27. The van der Waals surface area contributed by atoms with Crippen LogP contribution in [-0.2, 0) is 5.75 Å². The first-order chi connectivity index (χ1) is 6.33. The Hall–Kier alpha value is -0.610. The Kier molecular flexibility index (Phi) is 4.78. The van der Waals surface area contributed by atoms with Crippen molar-refractivity contribution >= 4 is 11.8 Å². The smallest absolute Gasteiger partial charge is 0.138 e. The molecule has 0 bridgehead atoms. The average molecular weight is 198 g/mol. The first kappa shape index (κ1) is 10.5. The molecule has 1 aromatic heterocycles. The zero-order chi connectivity index (χ0) is 9.52. The third kappa shape index (κ3) is 4.24. The second-order valence-electron chi connectivity index (χ2n) is 2.97. The molecule has 3 nitrogen and oxygen atoms in total. The molecule has 0 spiro atoms. The van der Waals surface area contributed by atoms with Gasteiger partial charge in [0.25, 0.3) is 0 Å². The highest BCUT2D eigenvalue weighted by molar-refractivity contribution is 7.98. The minimum atomic E-state index is 0.253. The Labute approximate surface area is 82.6 Å². The predicted molar refractivity (Wildman–Crippen MR) is 54.4 cm³/mol. The fourth-order valence-corrected chi connectivity index (χ4v) is 1.77. The summed E-state index contributed by atoms with van der Waals surface area (Å²) in [4.78, 5) is 8.21. The monoisotopic (exact) mass is 198 g/mol.